The molecule has 3 rings (SSSR count). The third-order valence-corrected chi connectivity index (χ3v) is 3.05. The first kappa shape index (κ1) is 14.3. The number of aryl methyl sites for hydroxylation is 1. The fourth-order valence-corrected chi connectivity index (χ4v) is 1.99. The van der Waals surface area contributed by atoms with Crippen molar-refractivity contribution in [3.8, 4) is 11.8 Å². The molecule has 1 aromatic carbocycles. The van der Waals surface area contributed by atoms with Crippen molar-refractivity contribution in [3.63, 3.8) is 0 Å². The number of hydrogen-bond acceptors (Lipinski definition) is 5. The molecule has 22 heavy (non-hydrogen) atoms. The molecule has 0 unspecified atom stereocenters. The number of nitrogens with zero attached hydrogens (tertiary/aromatic N) is 3. The summed E-state index contributed by atoms with van der Waals surface area (Å²) in [7, 11) is 0. The molecule has 0 aliphatic carbocycles. The minimum Gasteiger partial charge on any atom is -0.421 e. The van der Waals surface area contributed by atoms with Gasteiger partial charge in [-0.1, -0.05) is 0 Å². The highest BCUT2D eigenvalue weighted by Gasteiger charge is 2.12. The number of rotatable bonds is 5. The van der Waals surface area contributed by atoms with Crippen LogP contribution in [0.1, 0.15) is 12.1 Å². The molecular formula is C14H12F2N4O2. The van der Waals surface area contributed by atoms with Gasteiger partial charge in [-0.15, -0.1) is 0 Å². The molecule has 2 N–H and O–H groups in total. The van der Waals surface area contributed by atoms with E-state index in [-0.39, 0.29) is 18.4 Å². The van der Waals surface area contributed by atoms with Crippen molar-refractivity contribution < 1.29 is 18.6 Å². The van der Waals surface area contributed by atoms with E-state index in [0.717, 1.165) is 23.9 Å². The van der Waals surface area contributed by atoms with Gasteiger partial charge in [0.1, 0.15) is 5.82 Å². The molecule has 0 aliphatic heterocycles. The largest absolute Gasteiger partial charge is 0.421 e. The lowest BCUT2D eigenvalue weighted by Crippen LogP contribution is -1.95. The summed E-state index contributed by atoms with van der Waals surface area (Å²) in [4.78, 5) is 8.05. The number of aliphatic hydroxyl groups excluding tert-OH is 1. The molecule has 3 aromatic rings. The zero-order valence-corrected chi connectivity index (χ0v) is 11.4. The van der Waals surface area contributed by atoms with Gasteiger partial charge in [-0.05, 0) is 25.0 Å². The van der Waals surface area contributed by atoms with Crippen LogP contribution in [0.2, 0.25) is 0 Å². The van der Waals surface area contributed by atoms with Crippen LogP contribution in [-0.4, -0.2) is 31.9 Å². The maximum atomic E-state index is 13.5. The number of aliphatic hydroxyl groups is 1. The van der Waals surface area contributed by atoms with Crippen LogP contribution in [0.5, 0.6) is 11.8 Å². The third-order valence-electron chi connectivity index (χ3n) is 3.05. The van der Waals surface area contributed by atoms with Crippen molar-refractivity contribution in [1.82, 2.24) is 20.2 Å². The van der Waals surface area contributed by atoms with E-state index in [2.05, 4.69) is 20.2 Å². The maximum Gasteiger partial charge on any atom is 0.324 e. The fourth-order valence-electron chi connectivity index (χ4n) is 1.99. The smallest absolute Gasteiger partial charge is 0.324 e. The van der Waals surface area contributed by atoms with Crippen molar-refractivity contribution >= 4 is 11.0 Å². The Labute approximate surface area is 123 Å². The van der Waals surface area contributed by atoms with Gasteiger partial charge in [-0.2, -0.15) is 10.1 Å². The van der Waals surface area contributed by atoms with Crippen molar-refractivity contribution in [2.45, 2.75) is 12.8 Å². The quantitative estimate of drug-likeness (QED) is 0.756. The second-order valence-electron chi connectivity index (χ2n) is 4.60. The van der Waals surface area contributed by atoms with Gasteiger partial charge in [0, 0.05) is 24.6 Å². The predicted octanol–water partition coefficient (Wildman–Crippen LogP) is 2.35. The summed E-state index contributed by atoms with van der Waals surface area (Å²) in [5, 5.41) is 16.4. The molecule has 0 fully saturated rings. The van der Waals surface area contributed by atoms with Crippen LogP contribution >= 0.6 is 0 Å². The van der Waals surface area contributed by atoms with Gasteiger partial charge in [0.05, 0.1) is 5.39 Å². The van der Waals surface area contributed by atoms with Crippen LogP contribution in [-0.2, 0) is 6.42 Å². The molecule has 0 atom stereocenters. The molecule has 6 nitrogen and oxygen atoms in total. The normalized spacial score (nSPS) is 11.0. The van der Waals surface area contributed by atoms with Crippen molar-refractivity contribution in [3.05, 3.63) is 41.7 Å². The Morgan fingerprint density at radius 1 is 1.27 bits per heavy atom. The van der Waals surface area contributed by atoms with Gasteiger partial charge in [0.25, 0.3) is 0 Å². The van der Waals surface area contributed by atoms with E-state index in [0.29, 0.717) is 23.9 Å². The van der Waals surface area contributed by atoms with Gasteiger partial charge < -0.3 is 9.84 Å². The Morgan fingerprint density at radius 2 is 2.14 bits per heavy atom. The minimum absolute atomic E-state index is 0.0758. The van der Waals surface area contributed by atoms with E-state index in [1.165, 1.54) is 6.20 Å². The third kappa shape index (κ3) is 2.86. The second-order valence-corrected chi connectivity index (χ2v) is 4.60. The number of nitrogens with one attached hydrogen (secondary N) is 1. The topological polar surface area (TPSA) is 83.9 Å². The van der Waals surface area contributed by atoms with Crippen LogP contribution in [0.25, 0.3) is 11.0 Å². The SMILES string of the molecule is OCCCc1[nH]nc2nc(Oc3ccc(F)cc3F)ncc12. The highest BCUT2D eigenvalue weighted by Crippen LogP contribution is 2.24. The zero-order valence-electron chi connectivity index (χ0n) is 11.4. The van der Waals surface area contributed by atoms with E-state index in [9.17, 15) is 8.78 Å². The predicted molar refractivity (Wildman–Crippen MR) is 73.5 cm³/mol. The molecule has 8 heteroatoms. The lowest BCUT2D eigenvalue weighted by Gasteiger charge is -2.04. The van der Waals surface area contributed by atoms with E-state index < -0.39 is 11.6 Å². The highest BCUT2D eigenvalue weighted by atomic mass is 19.1. The maximum absolute atomic E-state index is 13.5. The number of halogens is 2. The lowest BCUT2D eigenvalue weighted by molar-refractivity contribution is 0.288. The molecule has 0 bridgehead atoms. The first-order valence-electron chi connectivity index (χ1n) is 6.61. The monoisotopic (exact) mass is 306 g/mol. The number of fused-ring (bicyclic) bond motifs is 1. The number of aromatic nitrogens is 4. The lowest BCUT2D eigenvalue weighted by atomic mass is 10.2. The Bertz CT molecular complexity index is 807. The Hall–Kier alpha value is -2.61. The van der Waals surface area contributed by atoms with Gasteiger partial charge >= 0.3 is 6.01 Å². The molecule has 0 radical (unpaired) electrons. The van der Waals surface area contributed by atoms with Gasteiger partial charge in [0.2, 0.25) is 0 Å². The molecule has 114 valence electrons. The van der Waals surface area contributed by atoms with Gasteiger partial charge in [-0.25, -0.2) is 13.8 Å². The van der Waals surface area contributed by atoms with Gasteiger partial charge in [-0.3, -0.25) is 5.10 Å². The van der Waals surface area contributed by atoms with Crippen molar-refractivity contribution in [1.29, 1.82) is 0 Å². The number of benzene rings is 1. The van der Waals surface area contributed by atoms with Crippen LogP contribution < -0.4 is 4.74 Å². The zero-order chi connectivity index (χ0) is 15.5. The molecule has 2 aromatic heterocycles. The van der Waals surface area contributed by atoms with Crippen molar-refractivity contribution in [2.24, 2.45) is 0 Å². The van der Waals surface area contributed by atoms with E-state index in [4.69, 9.17) is 9.84 Å². The Balaban J connectivity index is 1.86. The average molecular weight is 306 g/mol. The van der Waals surface area contributed by atoms with E-state index in [1.54, 1.807) is 0 Å². The fraction of sp³-hybridized carbons (Fsp3) is 0.214. The number of ether oxygens (including phenoxy) is 1. The van der Waals surface area contributed by atoms with Crippen LogP contribution in [0, 0.1) is 11.6 Å². The standard InChI is InChI=1S/C14H12F2N4O2/c15-8-3-4-12(10(16)6-8)22-14-17-7-9-11(2-1-5-21)19-20-13(9)18-14/h3-4,6-7,21H,1-2,5H2,(H,17,18,19,20). The molecule has 0 amide bonds. The molecule has 0 saturated heterocycles. The first-order valence-corrected chi connectivity index (χ1v) is 6.61. The number of H-pyrrole nitrogens is 1. The summed E-state index contributed by atoms with van der Waals surface area (Å²) in [5.41, 5.74) is 1.18. The summed E-state index contributed by atoms with van der Waals surface area (Å²) in [6.07, 6.45) is 2.72. The number of hydrogen-bond donors (Lipinski definition) is 2. The van der Waals surface area contributed by atoms with Crippen molar-refractivity contribution in [2.75, 3.05) is 6.61 Å². The molecule has 2 heterocycles. The Morgan fingerprint density at radius 3 is 2.91 bits per heavy atom. The highest BCUT2D eigenvalue weighted by molar-refractivity contribution is 5.76. The minimum atomic E-state index is -0.839. The summed E-state index contributed by atoms with van der Waals surface area (Å²) < 4.78 is 31.6. The van der Waals surface area contributed by atoms with E-state index in [1.807, 2.05) is 0 Å². The molecule has 0 saturated carbocycles. The van der Waals surface area contributed by atoms with Crippen LogP contribution in [0.15, 0.2) is 24.4 Å². The molecular weight excluding hydrogens is 294 g/mol. The van der Waals surface area contributed by atoms with Gasteiger partial charge in [0.15, 0.2) is 17.2 Å². The summed E-state index contributed by atoms with van der Waals surface area (Å²) in [5.74, 6) is -1.70. The Kier molecular flexibility index (Phi) is 3.92. The van der Waals surface area contributed by atoms with E-state index >= 15 is 0 Å². The summed E-state index contributed by atoms with van der Waals surface area (Å²) in [6.45, 7) is 0.0758. The molecule has 0 aliphatic rings. The van der Waals surface area contributed by atoms with Crippen LogP contribution in [0.4, 0.5) is 8.78 Å². The summed E-state index contributed by atoms with van der Waals surface area (Å²) in [6, 6.07) is 2.88. The van der Waals surface area contributed by atoms with Crippen LogP contribution in [0.3, 0.4) is 0 Å². The molecule has 0 spiro atoms. The average Bonchev–Trinajstić information content (AvgIpc) is 2.90. The second kappa shape index (κ2) is 6.02. The first-order chi connectivity index (χ1) is 10.7. The summed E-state index contributed by atoms with van der Waals surface area (Å²) >= 11 is 0. The number of aromatic amines is 1.